The Bertz CT molecular complexity index is 273. The zero-order valence-electron chi connectivity index (χ0n) is 11.3. The van der Waals surface area contributed by atoms with E-state index < -0.39 is 0 Å². The molecule has 1 heterocycles. The minimum atomic E-state index is 0.171. The molecule has 3 nitrogen and oxygen atoms in total. The molecule has 0 aliphatic carbocycles. The number of rotatable bonds is 7. The lowest BCUT2D eigenvalue weighted by Crippen LogP contribution is -2.27. The van der Waals surface area contributed by atoms with Crippen LogP contribution in [0.15, 0.2) is 0 Å². The van der Waals surface area contributed by atoms with E-state index in [9.17, 15) is 9.59 Å². The van der Waals surface area contributed by atoms with Crippen LogP contribution >= 0.6 is 0 Å². The Labute approximate surface area is 104 Å². The van der Waals surface area contributed by atoms with Gasteiger partial charge in [0.25, 0.3) is 0 Å². The first-order valence-electron chi connectivity index (χ1n) is 6.82. The first kappa shape index (κ1) is 14.2. The Balaban J connectivity index is 2.05. The standard InChI is InChI=1S/C14H25NO2/c1-10(2)13(16)8-6-4-5-7-12-11(3)9-14(17)15-12/h10-12H,4-9H2,1-3H3,(H,15,17)/t11-,12-/m1/s1. The minimum Gasteiger partial charge on any atom is -0.353 e. The van der Waals surface area contributed by atoms with Gasteiger partial charge in [0.2, 0.25) is 5.91 Å². The largest absolute Gasteiger partial charge is 0.353 e. The molecule has 1 N–H and O–H groups in total. The monoisotopic (exact) mass is 239 g/mol. The number of hydrogen-bond donors (Lipinski definition) is 1. The van der Waals surface area contributed by atoms with Gasteiger partial charge in [-0.15, -0.1) is 0 Å². The molecule has 3 heteroatoms. The predicted molar refractivity (Wildman–Crippen MR) is 68.6 cm³/mol. The summed E-state index contributed by atoms with van der Waals surface area (Å²) in [6.45, 7) is 6.04. The quantitative estimate of drug-likeness (QED) is 0.694. The van der Waals surface area contributed by atoms with Crippen molar-refractivity contribution in [1.29, 1.82) is 0 Å². The molecule has 1 saturated heterocycles. The first-order valence-corrected chi connectivity index (χ1v) is 6.82. The number of carbonyl (C=O) groups is 2. The molecule has 0 unspecified atom stereocenters. The summed E-state index contributed by atoms with van der Waals surface area (Å²) < 4.78 is 0. The third kappa shape index (κ3) is 4.88. The molecule has 1 amide bonds. The number of carbonyl (C=O) groups excluding carboxylic acids is 2. The van der Waals surface area contributed by atoms with Crippen LogP contribution in [0.4, 0.5) is 0 Å². The van der Waals surface area contributed by atoms with Crippen molar-refractivity contribution in [2.75, 3.05) is 0 Å². The van der Waals surface area contributed by atoms with E-state index in [-0.39, 0.29) is 11.8 Å². The van der Waals surface area contributed by atoms with Gasteiger partial charge in [-0.3, -0.25) is 9.59 Å². The van der Waals surface area contributed by atoms with Crippen molar-refractivity contribution in [2.24, 2.45) is 11.8 Å². The summed E-state index contributed by atoms with van der Waals surface area (Å²) in [4.78, 5) is 22.6. The number of hydrogen-bond acceptors (Lipinski definition) is 2. The molecule has 1 aliphatic heterocycles. The highest BCUT2D eigenvalue weighted by atomic mass is 16.2. The van der Waals surface area contributed by atoms with Gasteiger partial charge in [0.15, 0.2) is 0 Å². The summed E-state index contributed by atoms with van der Waals surface area (Å²) >= 11 is 0. The van der Waals surface area contributed by atoms with Gasteiger partial charge < -0.3 is 5.32 Å². The number of ketones is 1. The van der Waals surface area contributed by atoms with Crippen LogP contribution in [-0.2, 0) is 9.59 Å². The molecule has 0 saturated carbocycles. The van der Waals surface area contributed by atoms with Gasteiger partial charge in [0, 0.05) is 24.8 Å². The topological polar surface area (TPSA) is 46.2 Å². The number of nitrogens with one attached hydrogen (secondary N) is 1. The summed E-state index contributed by atoms with van der Waals surface area (Å²) in [6.07, 6.45) is 5.65. The Kier molecular flexibility index (Phi) is 5.66. The second-order valence-electron chi connectivity index (χ2n) is 5.58. The van der Waals surface area contributed by atoms with E-state index in [0.29, 0.717) is 30.6 Å². The van der Waals surface area contributed by atoms with Crippen LogP contribution in [0.2, 0.25) is 0 Å². The molecular weight excluding hydrogens is 214 g/mol. The summed E-state index contributed by atoms with van der Waals surface area (Å²) in [5.41, 5.74) is 0. The maximum absolute atomic E-state index is 11.4. The van der Waals surface area contributed by atoms with Crippen molar-refractivity contribution in [3.63, 3.8) is 0 Å². The fourth-order valence-electron chi connectivity index (χ4n) is 2.33. The summed E-state index contributed by atoms with van der Waals surface area (Å²) in [5.74, 6) is 1.20. The first-order chi connectivity index (χ1) is 8.00. The molecule has 1 rings (SSSR count). The van der Waals surface area contributed by atoms with Crippen molar-refractivity contribution in [3.8, 4) is 0 Å². The number of Topliss-reactive ketones (excluding diaryl/α,β-unsaturated/α-hetero) is 1. The number of unbranched alkanes of at least 4 members (excludes halogenated alkanes) is 2. The van der Waals surface area contributed by atoms with Gasteiger partial charge in [-0.2, -0.15) is 0 Å². The Morgan fingerprint density at radius 1 is 1.35 bits per heavy atom. The van der Waals surface area contributed by atoms with Gasteiger partial charge in [-0.25, -0.2) is 0 Å². The maximum Gasteiger partial charge on any atom is 0.220 e. The van der Waals surface area contributed by atoms with Crippen LogP contribution in [0.1, 0.15) is 59.3 Å². The normalized spacial score (nSPS) is 24.1. The lowest BCUT2D eigenvalue weighted by Gasteiger charge is -2.14. The average Bonchev–Trinajstić information content (AvgIpc) is 2.56. The zero-order chi connectivity index (χ0) is 12.8. The van der Waals surface area contributed by atoms with Gasteiger partial charge in [0.05, 0.1) is 0 Å². The highest BCUT2D eigenvalue weighted by molar-refractivity contribution is 5.80. The van der Waals surface area contributed by atoms with E-state index in [0.717, 1.165) is 25.7 Å². The van der Waals surface area contributed by atoms with Crippen LogP contribution in [0.3, 0.4) is 0 Å². The second-order valence-corrected chi connectivity index (χ2v) is 5.58. The molecule has 1 aliphatic rings. The minimum absolute atomic E-state index is 0.171. The van der Waals surface area contributed by atoms with Crippen LogP contribution in [-0.4, -0.2) is 17.7 Å². The molecule has 0 aromatic rings. The molecule has 17 heavy (non-hydrogen) atoms. The summed E-state index contributed by atoms with van der Waals surface area (Å²) in [6, 6.07) is 0.364. The SMILES string of the molecule is CC(C)C(=O)CCCCC[C@H]1NC(=O)C[C@H]1C. The molecule has 1 fully saturated rings. The van der Waals surface area contributed by atoms with Gasteiger partial charge >= 0.3 is 0 Å². The van der Waals surface area contributed by atoms with Gasteiger partial charge in [0.1, 0.15) is 5.78 Å². The molecule has 0 aromatic heterocycles. The van der Waals surface area contributed by atoms with Gasteiger partial charge in [-0.1, -0.05) is 33.6 Å². The van der Waals surface area contributed by atoms with Crippen molar-refractivity contribution in [2.45, 2.75) is 65.3 Å². The molecule has 2 atom stereocenters. The van der Waals surface area contributed by atoms with E-state index in [1.165, 1.54) is 0 Å². The van der Waals surface area contributed by atoms with E-state index in [1.807, 2.05) is 13.8 Å². The molecule has 0 radical (unpaired) electrons. The van der Waals surface area contributed by atoms with Crippen LogP contribution in [0.5, 0.6) is 0 Å². The van der Waals surface area contributed by atoms with Gasteiger partial charge in [-0.05, 0) is 18.8 Å². The fraction of sp³-hybridized carbons (Fsp3) is 0.857. The van der Waals surface area contributed by atoms with Crippen molar-refractivity contribution >= 4 is 11.7 Å². The molecule has 0 spiro atoms. The van der Waals surface area contributed by atoms with E-state index in [4.69, 9.17) is 0 Å². The summed E-state index contributed by atoms with van der Waals surface area (Å²) in [7, 11) is 0. The highest BCUT2D eigenvalue weighted by Gasteiger charge is 2.27. The molecule has 0 bridgehead atoms. The maximum atomic E-state index is 11.4. The molecule has 0 aromatic carbocycles. The van der Waals surface area contributed by atoms with Crippen LogP contribution < -0.4 is 5.32 Å². The van der Waals surface area contributed by atoms with Crippen LogP contribution in [0.25, 0.3) is 0 Å². The highest BCUT2D eigenvalue weighted by Crippen LogP contribution is 2.20. The third-order valence-corrected chi connectivity index (χ3v) is 3.62. The zero-order valence-corrected chi connectivity index (χ0v) is 11.3. The summed E-state index contributed by atoms with van der Waals surface area (Å²) in [5, 5.41) is 3.02. The Hall–Kier alpha value is -0.860. The smallest absolute Gasteiger partial charge is 0.220 e. The molecular formula is C14H25NO2. The fourth-order valence-corrected chi connectivity index (χ4v) is 2.33. The number of amides is 1. The van der Waals surface area contributed by atoms with E-state index in [2.05, 4.69) is 12.2 Å². The lowest BCUT2D eigenvalue weighted by molar-refractivity contribution is -0.122. The van der Waals surface area contributed by atoms with Crippen molar-refractivity contribution in [1.82, 2.24) is 5.32 Å². The Morgan fingerprint density at radius 3 is 2.59 bits per heavy atom. The predicted octanol–water partition coefficient (Wildman–Crippen LogP) is 2.69. The van der Waals surface area contributed by atoms with E-state index in [1.54, 1.807) is 0 Å². The molecule has 98 valence electrons. The average molecular weight is 239 g/mol. The van der Waals surface area contributed by atoms with Crippen LogP contribution in [0, 0.1) is 11.8 Å². The van der Waals surface area contributed by atoms with Crippen molar-refractivity contribution < 1.29 is 9.59 Å². The Morgan fingerprint density at radius 2 is 2.06 bits per heavy atom. The second kappa shape index (κ2) is 6.77. The van der Waals surface area contributed by atoms with E-state index >= 15 is 0 Å². The van der Waals surface area contributed by atoms with Crippen molar-refractivity contribution in [3.05, 3.63) is 0 Å². The lowest BCUT2D eigenvalue weighted by atomic mass is 9.96. The third-order valence-electron chi connectivity index (χ3n) is 3.62.